The van der Waals surface area contributed by atoms with E-state index in [9.17, 15) is 9.18 Å². The second kappa shape index (κ2) is 7.09. The molecule has 2 aromatic rings. The number of carbonyl (C=O) groups is 1. The molecule has 0 heterocycles. The van der Waals surface area contributed by atoms with Crippen LogP contribution in [0.4, 0.5) is 10.1 Å². The van der Waals surface area contributed by atoms with Crippen LogP contribution >= 0.6 is 11.6 Å². The molecule has 5 heteroatoms. The van der Waals surface area contributed by atoms with Crippen LogP contribution in [-0.4, -0.2) is 19.1 Å². The molecule has 0 spiro atoms. The molecule has 0 aromatic heterocycles. The van der Waals surface area contributed by atoms with Crippen molar-refractivity contribution in [2.45, 2.75) is 6.92 Å². The van der Waals surface area contributed by atoms with Gasteiger partial charge in [-0.25, -0.2) is 4.39 Å². The molecule has 0 saturated carbocycles. The fourth-order valence-corrected chi connectivity index (χ4v) is 2.14. The predicted octanol–water partition coefficient (Wildman–Crippen LogP) is 3.91. The summed E-state index contributed by atoms with van der Waals surface area (Å²) >= 11 is 5.85. The molecule has 0 radical (unpaired) electrons. The van der Waals surface area contributed by atoms with E-state index in [2.05, 4.69) is 0 Å². The SMILES string of the molecule is CCN(C(=O)COc1ccc(F)cc1Cl)c1ccccc1. The molecule has 1 amide bonds. The Hall–Kier alpha value is -2.07. The van der Waals surface area contributed by atoms with Crippen molar-refractivity contribution >= 4 is 23.2 Å². The highest BCUT2D eigenvalue weighted by atomic mass is 35.5. The van der Waals surface area contributed by atoms with Crippen LogP contribution in [0.15, 0.2) is 48.5 Å². The zero-order chi connectivity index (χ0) is 15.2. The summed E-state index contributed by atoms with van der Waals surface area (Å²) in [4.78, 5) is 13.8. The number of rotatable bonds is 5. The van der Waals surface area contributed by atoms with Crippen molar-refractivity contribution in [3.63, 3.8) is 0 Å². The molecule has 0 bridgehead atoms. The molecular formula is C16H15ClFNO2. The lowest BCUT2D eigenvalue weighted by molar-refractivity contribution is -0.120. The first-order valence-corrected chi connectivity index (χ1v) is 6.93. The van der Waals surface area contributed by atoms with Crippen molar-refractivity contribution in [3.05, 3.63) is 59.4 Å². The van der Waals surface area contributed by atoms with Crippen molar-refractivity contribution in [3.8, 4) is 5.75 Å². The number of nitrogens with zero attached hydrogens (tertiary/aromatic N) is 1. The first-order valence-electron chi connectivity index (χ1n) is 6.55. The molecule has 0 aliphatic rings. The third-order valence-corrected chi connectivity index (χ3v) is 3.23. The number of amides is 1. The van der Waals surface area contributed by atoms with Crippen molar-refractivity contribution in [1.82, 2.24) is 0 Å². The maximum absolute atomic E-state index is 12.9. The first-order chi connectivity index (χ1) is 10.1. The Morgan fingerprint density at radius 1 is 1.24 bits per heavy atom. The lowest BCUT2D eigenvalue weighted by atomic mass is 10.3. The normalized spacial score (nSPS) is 10.2. The van der Waals surface area contributed by atoms with Crippen LogP contribution in [0.3, 0.4) is 0 Å². The number of halogens is 2. The van der Waals surface area contributed by atoms with Crippen LogP contribution < -0.4 is 9.64 Å². The molecule has 110 valence electrons. The van der Waals surface area contributed by atoms with Gasteiger partial charge in [0, 0.05) is 12.2 Å². The van der Waals surface area contributed by atoms with E-state index in [-0.39, 0.29) is 23.3 Å². The maximum Gasteiger partial charge on any atom is 0.264 e. The van der Waals surface area contributed by atoms with Gasteiger partial charge >= 0.3 is 0 Å². The van der Waals surface area contributed by atoms with Gasteiger partial charge in [-0.15, -0.1) is 0 Å². The Morgan fingerprint density at radius 3 is 2.57 bits per heavy atom. The van der Waals surface area contributed by atoms with Gasteiger partial charge < -0.3 is 9.64 Å². The molecule has 0 saturated heterocycles. The number of benzene rings is 2. The summed E-state index contributed by atoms with van der Waals surface area (Å²) in [5, 5.41) is 0.144. The fraction of sp³-hybridized carbons (Fsp3) is 0.188. The number of para-hydroxylation sites is 1. The standard InChI is InChI=1S/C16H15ClFNO2/c1-2-19(13-6-4-3-5-7-13)16(20)11-21-15-9-8-12(18)10-14(15)17/h3-10H,2,11H2,1H3. The molecule has 0 fully saturated rings. The molecule has 0 aliphatic carbocycles. The summed E-state index contributed by atoms with van der Waals surface area (Å²) in [5.41, 5.74) is 0.804. The molecule has 2 aromatic carbocycles. The highest BCUT2D eigenvalue weighted by molar-refractivity contribution is 6.32. The molecule has 21 heavy (non-hydrogen) atoms. The van der Waals surface area contributed by atoms with Gasteiger partial charge in [-0.2, -0.15) is 0 Å². The Labute approximate surface area is 127 Å². The summed E-state index contributed by atoms with van der Waals surface area (Å²) in [6.07, 6.45) is 0. The van der Waals surface area contributed by atoms with Crippen LogP contribution in [0.25, 0.3) is 0 Å². The van der Waals surface area contributed by atoms with Gasteiger partial charge in [-0.3, -0.25) is 4.79 Å². The van der Waals surface area contributed by atoms with Gasteiger partial charge in [0.2, 0.25) is 0 Å². The van der Waals surface area contributed by atoms with Gasteiger partial charge in [0.05, 0.1) is 5.02 Å². The lowest BCUT2D eigenvalue weighted by Crippen LogP contribution is -2.34. The van der Waals surface area contributed by atoms with Crippen LogP contribution in [-0.2, 0) is 4.79 Å². The average molecular weight is 308 g/mol. The van der Waals surface area contributed by atoms with E-state index in [0.717, 1.165) is 11.8 Å². The van der Waals surface area contributed by atoms with E-state index in [4.69, 9.17) is 16.3 Å². The average Bonchev–Trinajstić information content (AvgIpc) is 2.48. The zero-order valence-corrected chi connectivity index (χ0v) is 12.3. The smallest absolute Gasteiger partial charge is 0.264 e. The monoisotopic (exact) mass is 307 g/mol. The molecule has 3 nitrogen and oxygen atoms in total. The third-order valence-electron chi connectivity index (χ3n) is 2.93. The summed E-state index contributed by atoms with van der Waals surface area (Å²) < 4.78 is 18.3. The van der Waals surface area contributed by atoms with Crippen molar-refractivity contribution < 1.29 is 13.9 Å². The van der Waals surface area contributed by atoms with Crippen molar-refractivity contribution in [1.29, 1.82) is 0 Å². The van der Waals surface area contributed by atoms with E-state index in [0.29, 0.717) is 6.54 Å². The van der Waals surface area contributed by atoms with E-state index in [1.165, 1.54) is 12.1 Å². The number of likely N-dealkylation sites (N-methyl/N-ethyl adjacent to an activating group) is 1. The minimum Gasteiger partial charge on any atom is -0.482 e. The molecule has 0 atom stereocenters. The maximum atomic E-state index is 12.9. The number of carbonyl (C=O) groups excluding carboxylic acids is 1. The number of hydrogen-bond acceptors (Lipinski definition) is 2. The number of hydrogen-bond donors (Lipinski definition) is 0. The minimum atomic E-state index is -0.446. The molecular weight excluding hydrogens is 293 g/mol. The lowest BCUT2D eigenvalue weighted by Gasteiger charge is -2.21. The van der Waals surface area contributed by atoms with Gasteiger partial charge in [0.25, 0.3) is 5.91 Å². The van der Waals surface area contributed by atoms with Crippen LogP contribution in [0.5, 0.6) is 5.75 Å². The van der Waals surface area contributed by atoms with Crippen molar-refractivity contribution in [2.24, 2.45) is 0 Å². The van der Waals surface area contributed by atoms with E-state index < -0.39 is 5.82 Å². The first kappa shape index (κ1) is 15.3. The highest BCUT2D eigenvalue weighted by Gasteiger charge is 2.15. The summed E-state index contributed by atoms with van der Waals surface area (Å²) in [7, 11) is 0. The van der Waals surface area contributed by atoms with Gasteiger partial charge in [0.1, 0.15) is 11.6 Å². The number of ether oxygens (including phenoxy) is 1. The molecule has 0 aliphatic heterocycles. The Balaban J connectivity index is 2.03. The van der Waals surface area contributed by atoms with Crippen LogP contribution in [0, 0.1) is 5.82 Å². The second-order valence-electron chi connectivity index (χ2n) is 4.34. The molecule has 0 unspecified atom stereocenters. The summed E-state index contributed by atoms with van der Waals surface area (Å²) in [5.74, 6) is -0.349. The van der Waals surface area contributed by atoms with Gasteiger partial charge in [-0.1, -0.05) is 29.8 Å². The second-order valence-corrected chi connectivity index (χ2v) is 4.74. The van der Waals surface area contributed by atoms with Crippen molar-refractivity contribution in [2.75, 3.05) is 18.1 Å². The predicted molar refractivity (Wildman–Crippen MR) is 81.4 cm³/mol. The zero-order valence-electron chi connectivity index (χ0n) is 11.6. The van der Waals surface area contributed by atoms with E-state index >= 15 is 0 Å². The molecule has 0 N–H and O–H groups in total. The number of anilines is 1. The van der Waals surface area contributed by atoms with Crippen LogP contribution in [0.1, 0.15) is 6.92 Å². The van der Waals surface area contributed by atoms with E-state index in [1.807, 2.05) is 37.3 Å². The Kier molecular flexibility index (Phi) is 5.17. The van der Waals surface area contributed by atoms with Gasteiger partial charge in [0.15, 0.2) is 6.61 Å². The van der Waals surface area contributed by atoms with Gasteiger partial charge in [-0.05, 0) is 37.3 Å². The Bertz CT molecular complexity index is 619. The topological polar surface area (TPSA) is 29.5 Å². The van der Waals surface area contributed by atoms with E-state index in [1.54, 1.807) is 4.90 Å². The van der Waals surface area contributed by atoms with Crippen LogP contribution in [0.2, 0.25) is 5.02 Å². The largest absolute Gasteiger partial charge is 0.482 e. The fourth-order valence-electron chi connectivity index (χ4n) is 1.92. The summed E-state index contributed by atoms with van der Waals surface area (Å²) in [6.45, 7) is 2.26. The highest BCUT2D eigenvalue weighted by Crippen LogP contribution is 2.25. The molecule has 2 rings (SSSR count). The minimum absolute atomic E-state index is 0.144. The quantitative estimate of drug-likeness (QED) is 0.838. The Morgan fingerprint density at radius 2 is 1.95 bits per heavy atom. The third kappa shape index (κ3) is 3.95. The summed E-state index contributed by atoms with van der Waals surface area (Å²) in [6, 6.07) is 13.1.